The number of aromatic nitrogens is 4. The van der Waals surface area contributed by atoms with Crippen molar-refractivity contribution in [3.8, 4) is 6.07 Å². The summed E-state index contributed by atoms with van der Waals surface area (Å²) in [4.78, 5) is 11.9. The first-order valence-corrected chi connectivity index (χ1v) is 7.29. The highest BCUT2D eigenvalue weighted by Gasteiger charge is 2.17. The molecular formula is C15H18N6O2. The molecule has 0 bridgehead atoms. The molecule has 0 spiro atoms. The molecule has 0 aliphatic carbocycles. The smallest absolute Gasteiger partial charge is 0.323 e. The molecule has 0 aliphatic rings. The van der Waals surface area contributed by atoms with Crippen molar-refractivity contribution in [1.29, 1.82) is 5.26 Å². The Morgan fingerprint density at radius 2 is 2.17 bits per heavy atom. The fourth-order valence-electron chi connectivity index (χ4n) is 1.97. The van der Waals surface area contributed by atoms with Gasteiger partial charge in [0.1, 0.15) is 12.6 Å². The van der Waals surface area contributed by atoms with Crippen molar-refractivity contribution in [1.82, 2.24) is 20.2 Å². The number of benzene rings is 1. The van der Waals surface area contributed by atoms with Gasteiger partial charge in [-0.3, -0.25) is 4.79 Å². The molecule has 1 aromatic carbocycles. The molecule has 0 saturated heterocycles. The Labute approximate surface area is 133 Å². The van der Waals surface area contributed by atoms with Gasteiger partial charge in [-0.2, -0.15) is 5.26 Å². The first-order chi connectivity index (χ1) is 11.2. The number of hydrogen-bond donors (Lipinski definition) is 1. The summed E-state index contributed by atoms with van der Waals surface area (Å²) >= 11 is 0. The molecular weight excluding hydrogens is 296 g/mol. The standard InChI is InChI=1S/C15H18N6O2/c16-9-4-10-21-14(18-19-20-21)8-7-13(17)15(22)23-11-12-5-2-1-3-6-12/h1-3,5-6,13H,4,7-8,10-11,17H2. The maximum Gasteiger partial charge on any atom is 0.323 e. The lowest BCUT2D eigenvalue weighted by atomic mass is 10.1. The zero-order valence-electron chi connectivity index (χ0n) is 12.6. The molecule has 8 heteroatoms. The van der Waals surface area contributed by atoms with Crippen molar-refractivity contribution in [2.75, 3.05) is 0 Å². The van der Waals surface area contributed by atoms with E-state index in [0.29, 0.717) is 31.6 Å². The monoisotopic (exact) mass is 314 g/mol. The maximum absolute atomic E-state index is 11.9. The number of nitrogens with zero attached hydrogens (tertiary/aromatic N) is 5. The van der Waals surface area contributed by atoms with E-state index in [4.69, 9.17) is 15.7 Å². The normalized spacial score (nSPS) is 11.7. The molecule has 2 N–H and O–H groups in total. The predicted octanol–water partition coefficient (Wildman–Crippen LogP) is 0.590. The van der Waals surface area contributed by atoms with Gasteiger partial charge in [0.2, 0.25) is 0 Å². The molecule has 0 fully saturated rings. The molecule has 23 heavy (non-hydrogen) atoms. The molecule has 1 aromatic heterocycles. The van der Waals surface area contributed by atoms with Crippen molar-refractivity contribution in [3.63, 3.8) is 0 Å². The van der Waals surface area contributed by atoms with Crippen LogP contribution in [-0.2, 0) is 29.1 Å². The average molecular weight is 314 g/mol. The molecule has 2 rings (SSSR count). The Balaban J connectivity index is 1.78. The number of aryl methyl sites for hydroxylation is 2. The summed E-state index contributed by atoms with van der Waals surface area (Å²) in [5, 5.41) is 19.8. The number of tetrazole rings is 1. The fourth-order valence-corrected chi connectivity index (χ4v) is 1.97. The number of nitrogens with two attached hydrogens (primary N) is 1. The lowest BCUT2D eigenvalue weighted by molar-refractivity contribution is -0.146. The molecule has 1 atom stereocenters. The molecule has 8 nitrogen and oxygen atoms in total. The third kappa shape index (κ3) is 5.16. The Bertz CT molecular complexity index is 664. The summed E-state index contributed by atoms with van der Waals surface area (Å²) in [5.41, 5.74) is 6.75. The highest BCUT2D eigenvalue weighted by Crippen LogP contribution is 2.05. The minimum absolute atomic E-state index is 0.202. The molecule has 0 radical (unpaired) electrons. The van der Waals surface area contributed by atoms with E-state index >= 15 is 0 Å². The molecule has 1 heterocycles. The first-order valence-electron chi connectivity index (χ1n) is 7.29. The lowest BCUT2D eigenvalue weighted by Crippen LogP contribution is -2.33. The zero-order valence-corrected chi connectivity index (χ0v) is 12.6. The molecule has 0 amide bonds. The summed E-state index contributed by atoms with van der Waals surface area (Å²) in [5.74, 6) is 0.150. The van der Waals surface area contributed by atoms with E-state index in [1.807, 2.05) is 36.4 Å². The minimum Gasteiger partial charge on any atom is -0.460 e. The van der Waals surface area contributed by atoms with E-state index in [9.17, 15) is 4.79 Å². The van der Waals surface area contributed by atoms with Gasteiger partial charge < -0.3 is 10.5 Å². The predicted molar refractivity (Wildman–Crippen MR) is 80.6 cm³/mol. The zero-order chi connectivity index (χ0) is 16.5. The number of rotatable bonds is 8. The number of carbonyl (C=O) groups is 1. The van der Waals surface area contributed by atoms with Crippen molar-refractivity contribution in [2.24, 2.45) is 5.73 Å². The first kappa shape index (κ1) is 16.6. The Morgan fingerprint density at radius 1 is 1.39 bits per heavy atom. The topological polar surface area (TPSA) is 120 Å². The number of ether oxygens (including phenoxy) is 1. The lowest BCUT2D eigenvalue weighted by Gasteiger charge is -2.11. The number of hydrogen-bond acceptors (Lipinski definition) is 7. The minimum atomic E-state index is -0.736. The van der Waals surface area contributed by atoms with E-state index in [0.717, 1.165) is 5.56 Å². The van der Waals surface area contributed by atoms with Crippen LogP contribution >= 0.6 is 0 Å². The summed E-state index contributed by atoms with van der Waals surface area (Å²) in [6.07, 6.45) is 1.14. The summed E-state index contributed by atoms with van der Waals surface area (Å²) in [7, 11) is 0. The van der Waals surface area contributed by atoms with E-state index in [1.54, 1.807) is 4.68 Å². The number of nitriles is 1. The van der Waals surface area contributed by atoms with Gasteiger partial charge in [0, 0.05) is 6.42 Å². The third-order valence-electron chi connectivity index (χ3n) is 3.25. The molecule has 0 aliphatic heterocycles. The van der Waals surface area contributed by atoms with Crippen LogP contribution in [0.5, 0.6) is 0 Å². The van der Waals surface area contributed by atoms with E-state index in [1.165, 1.54) is 0 Å². The van der Waals surface area contributed by atoms with Crippen LogP contribution in [0.3, 0.4) is 0 Å². The van der Waals surface area contributed by atoms with Crippen molar-refractivity contribution in [3.05, 3.63) is 41.7 Å². The van der Waals surface area contributed by atoms with Crippen LogP contribution in [0.25, 0.3) is 0 Å². The molecule has 0 saturated carbocycles. The number of carbonyl (C=O) groups excluding carboxylic acids is 1. The molecule has 2 aromatic rings. The van der Waals surface area contributed by atoms with Gasteiger partial charge in [-0.15, -0.1) is 5.10 Å². The van der Waals surface area contributed by atoms with Gasteiger partial charge in [0.05, 0.1) is 19.0 Å². The quantitative estimate of drug-likeness (QED) is 0.708. The second-order valence-corrected chi connectivity index (χ2v) is 4.96. The van der Waals surface area contributed by atoms with Crippen molar-refractivity contribution >= 4 is 5.97 Å². The number of esters is 1. The highest BCUT2D eigenvalue weighted by atomic mass is 16.5. The Kier molecular flexibility index (Phi) is 6.20. The van der Waals surface area contributed by atoms with Gasteiger partial charge in [-0.05, 0) is 22.4 Å². The van der Waals surface area contributed by atoms with E-state index in [-0.39, 0.29) is 6.61 Å². The van der Waals surface area contributed by atoms with Crippen molar-refractivity contribution in [2.45, 2.75) is 38.5 Å². The summed E-state index contributed by atoms with van der Waals surface area (Å²) < 4.78 is 6.74. The van der Waals surface area contributed by atoms with Crippen molar-refractivity contribution < 1.29 is 9.53 Å². The summed E-state index contributed by atoms with van der Waals surface area (Å²) in [6, 6.07) is 10.7. The fraction of sp³-hybridized carbons (Fsp3) is 0.400. The van der Waals surface area contributed by atoms with Crippen LogP contribution in [0.1, 0.15) is 24.2 Å². The van der Waals surface area contributed by atoms with Gasteiger partial charge in [0.25, 0.3) is 0 Å². The van der Waals surface area contributed by atoms with Crippen LogP contribution in [-0.4, -0.2) is 32.2 Å². The maximum atomic E-state index is 11.9. The average Bonchev–Trinajstić information content (AvgIpc) is 3.04. The third-order valence-corrected chi connectivity index (χ3v) is 3.25. The van der Waals surface area contributed by atoms with E-state index < -0.39 is 12.0 Å². The van der Waals surface area contributed by atoms with Gasteiger partial charge in [-0.25, -0.2) is 4.68 Å². The summed E-state index contributed by atoms with van der Waals surface area (Å²) in [6.45, 7) is 0.625. The van der Waals surface area contributed by atoms with Crippen LogP contribution < -0.4 is 5.73 Å². The van der Waals surface area contributed by atoms with Gasteiger partial charge in [0.15, 0.2) is 5.82 Å². The van der Waals surface area contributed by atoms with Crippen LogP contribution in [0.15, 0.2) is 30.3 Å². The van der Waals surface area contributed by atoms with Crippen LogP contribution in [0.4, 0.5) is 0 Å². The second-order valence-electron chi connectivity index (χ2n) is 4.96. The highest BCUT2D eigenvalue weighted by molar-refractivity contribution is 5.75. The van der Waals surface area contributed by atoms with Gasteiger partial charge in [-0.1, -0.05) is 30.3 Å². The molecule has 1 unspecified atom stereocenters. The Morgan fingerprint density at radius 3 is 2.91 bits per heavy atom. The van der Waals surface area contributed by atoms with Crippen LogP contribution in [0, 0.1) is 11.3 Å². The second kappa shape index (κ2) is 8.60. The largest absolute Gasteiger partial charge is 0.460 e. The molecule has 120 valence electrons. The van der Waals surface area contributed by atoms with Gasteiger partial charge >= 0.3 is 5.97 Å². The Hall–Kier alpha value is -2.79. The van der Waals surface area contributed by atoms with E-state index in [2.05, 4.69) is 15.5 Å². The van der Waals surface area contributed by atoms with Crippen LogP contribution in [0.2, 0.25) is 0 Å². The SMILES string of the molecule is N#CCCn1nnnc1CCC(N)C(=O)OCc1ccccc1.